The number of hydrogen-bond donors (Lipinski definition) is 2. The number of methoxy groups -OCH3 is 1. The zero-order chi connectivity index (χ0) is 9.14. The number of benzene rings is 1. The first kappa shape index (κ1) is 8.87. The highest BCUT2D eigenvalue weighted by molar-refractivity contribution is 5.41. The second kappa shape index (κ2) is 3.45. The van der Waals surface area contributed by atoms with Crippen LogP contribution in [0.4, 0.5) is 0 Å². The van der Waals surface area contributed by atoms with E-state index < -0.39 is 0 Å². The van der Waals surface area contributed by atoms with Crippen LogP contribution in [0.1, 0.15) is 18.5 Å². The second-order valence-corrected chi connectivity index (χ2v) is 2.71. The van der Waals surface area contributed by atoms with Crippen LogP contribution < -0.4 is 10.5 Å². The van der Waals surface area contributed by atoms with Gasteiger partial charge in [-0.25, -0.2) is 0 Å². The van der Waals surface area contributed by atoms with Crippen LogP contribution in [0.15, 0.2) is 18.2 Å². The molecule has 0 aliphatic heterocycles. The lowest BCUT2D eigenvalue weighted by molar-refractivity contribution is 0.400. The Labute approximate surface area is 71.8 Å². The molecule has 0 aliphatic carbocycles. The first-order valence-corrected chi connectivity index (χ1v) is 3.77. The van der Waals surface area contributed by atoms with E-state index in [0.717, 1.165) is 5.56 Å². The summed E-state index contributed by atoms with van der Waals surface area (Å²) in [5.41, 5.74) is 6.58. The van der Waals surface area contributed by atoms with Gasteiger partial charge in [-0.15, -0.1) is 0 Å². The summed E-state index contributed by atoms with van der Waals surface area (Å²) in [6.07, 6.45) is 0. The van der Waals surface area contributed by atoms with E-state index in [1.807, 2.05) is 6.92 Å². The topological polar surface area (TPSA) is 55.5 Å². The fourth-order valence-electron chi connectivity index (χ4n) is 1.08. The summed E-state index contributed by atoms with van der Waals surface area (Å²) in [7, 11) is 1.56. The van der Waals surface area contributed by atoms with Crippen molar-refractivity contribution in [2.75, 3.05) is 7.11 Å². The van der Waals surface area contributed by atoms with Crippen LogP contribution in [0.5, 0.6) is 11.5 Å². The van der Waals surface area contributed by atoms with E-state index in [4.69, 9.17) is 15.6 Å². The van der Waals surface area contributed by atoms with Gasteiger partial charge in [0, 0.05) is 17.7 Å². The minimum Gasteiger partial charge on any atom is -0.508 e. The van der Waals surface area contributed by atoms with E-state index in [-0.39, 0.29) is 11.8 Å². The van der Waals surface area contributed by atoms with Crippen LogP contribution in [0.3, 0.4) is 0 Å². The Kier molecular flexibility index (Phi) is 2.55. The maximum Gasteiger partial charge on any atom is 0.127 e. The lowest BCUT2D eigenvalue weighted by Gasteiger charge is -2.11. The van der Waals surface area contributed by atoms with Crippen LogP contribution >= 0.6 is 0 Å². The number of nitrogens with two attached hydrogens (primary N) is 1. The van der Waals surface area contributed by atoms with E-state index in [1.54, 1.807) is 25.3 Å². The molecule has 0 saturated heterocycles. The Bertz CT molecular complexity index is 271. The molecule has 3 N–H and O–H groups in total. The Morgan fingerprint density at radius 2 is 2.17 bits per heavy atom. The summed E-state index contributed by atoms with van der Waals surface area (Å²) < 4.78 is 5.05. The van der Waals surface area contributed by atoms with E-state index >= 15 is 0 Å². The third kappa shape index (κ3) is 1.68. The molecule has 0 heterocycles. The van der Waals surface area contributed by atoms with Crippen molar-refractivity contribution in [1.29, 1.82) is 0 Å². The largest absolute Gasteiger partial charge is 0.508 e. The van der Waals surface area contributed by atoms with Gasteiger partial charge >= 0.3 is 0 Å². The summed E-state index contributed by atoms with van der Waals surface area (Å²) in [5.74, 6) is 0.821. The van der Waals surface area contributed by atoms with E-state index in [0.29, 0.717) is 5.75 Å². The minimum absolute atomic E-state index is 0.0828. The zero-order valence-electron chi connectivity index (χ0n) is 7.24. The number of phenols is 1. The molecule has 66 valence electrons. The first-order valence-electron chi connectivity index (χ1n) is 3.77. The lowest BCUT2D eigenvalue weighted by Crippen LogP contribution is -2.06. The molecule has 0 amide bonds. The highest BCUT2D eigenvalue weighted by Gasteiger charge is 2.07. The van der Waals surface area contributed by atoms with Crippen LogP contribution in [0, 0.1) is 0 Å². The van der Waals surface area contributed by atoms with Crippen molar-refractivity contribution in [3.05, 3.63) is 23.8 Å². The number of hydrogen-bond acceptors (Lipinski definition) is 3. The van der Waals surface area contributed by atoms with Crippen LogP contribution in [0.25, 0.3) is 0 Å². The molecule has 1 aromatic rings. The summed E-state index contributed by atoms with van der Waals surface area (Å²) in [6.45, 7) is 1.87. The molecule has 0 bridgehead atoms. The molecule has 1 atom stereocenters. The molecule has 12 heavy (non-hydrogen) atoms. The average molecular weight is 167 g/mol. The maximum absolute atomic E-state index is 9.13. The maximum atomic E-state index is 9.13. The third-order valence-electron chi connectivity index (χ3n) is 1.71. The van der Waals surface area contributed by atoms with Crippen LogP contribution in [-0.4, -0.2) is 12.2 Å². The minimum atomic E-state index is -0.0828. The molecular formula is C9H13NO2. The van der Waals surface area contributed by atoms with Gasteiger partial charge in [0.15, 0.2) is 0 Å². The lowest BCUT2D eigenvalue weighted by atomic mass is 10.1. The molecule has 3 heteroatoms. The molecular weight excluding hydrogens is 154 g/mol. The van der Waals surface area contributed by atoms with Crippen LogP contribution in [0.2, 0.25) is 0 Å². The molecule has 0 saturated carbocycles. The molecule has 0 radical (unpaired) electrons. The van der Waals surface area contributed by atoms with Gasteiger partial charge in [0.05, 0.1) is 7.11 Å². The fourth-order valence-corrected chi connectivity index (χ4v) is 1.08. The third-order valence-corrected chi connectivity index (χ3v) is 1.71. The summed E-state index contributed by atoms with van der Waals surface area (Å²) in [5, 5.41) is 9.13. The van der Waals surface area contributed by atoms with Crippen molar-refractivity contribution in [3.63, 3.8) is 0 Å². The predicted octanol–water partition coefficient (Wildman–Crippen LogP) is 1.42. The predicted molar refractivity (Wildman–Crippen MR) is 47.3 cm³/mol. The fraction of sp³-hybridized carbons (Fsp3) is 0.333. The Hall–Kier alpha value is -1.22. The molecule has 1 rings (SSSR count). The number of ether oxygens (including phenoxy) is 1. The molecule has 1 aromatic carbocycles. The van der Waals surface area contributed by atoms with Gasteiger partial charge in [-0.1, -0.05) is 6.07 Å². The Balaban J connectivity index is 3.11. The normalized spacial score (nSPS) is 12.6. The summed E-state index contributed by atoms with van der Waals surface area (Å²) in [6, 6.07) is 4.83. The Morgan fingerprint density at radius 1 is 1.50 bits per heavy atom. The highest BCUT2D eigenvalue weighted by atomic mass is 16.5. The highest BCUT2D eigenvalue weighted by Crippen LogP contribution is 2.27. The van der Waals surface area contributed by atoms with Crippen molar-refractivity contribution in [1.82, 2.24) is 0 Å². The molecule has 0 fully saturated rings. The molecule has 0 spiro atoms. The van der Waals surface area contributed by atoms with Crippen molar-refractivity contribution in [3.8, 4) is 11.5 Å². The monoisotopic (exact) mass is 167 g/mol. The number of phenolic OH excluding ortho intramolecular Hbond substituents is 1. The van der Waals surface area contributed by atoms with Gasteiger partial charge in [0.2, 0.25) is 0 Å². The number of aromatic hydroxyl groups is 1. The SMILES string of the molecule is COc1cc(O)ccc1[C@H](C)N. The van der Waals surface area contributed by atoms with Crippen molar-refractivity contribution in [2.24, 2.45) is 5.73 Å². The van der Waals surface area contributed by atoms with E-state index in [1.165, 1.54) is 0 Å². The van der Waals surface area contributed by atoms with Crippen molar-refractivity contribution >= 4 is 0 Å². The van der Waals surface area contributed by atoms with Gasteiger partial charge < -0.3 is 15.6 Å². The van der Waals surface area contributed by atoms with E-state index in [9.17, 15) is 0 Å². The van der Waals surface area contributed by atoms with Crippen LogP contribution in [-0.2, 0) is 0 Å². The smallest absolute Gasteiger partial charge is 0.127 e. The summed E-state index contributed by atoms with van der Waals surface area (Å²) >= 11 is 0. The van der Waals surface area contributed by atoms with E-state index in [2.05, 4.69) is 0 Å². The summed E-state index contributed by atoms with van der Waals surface area (Å²) in [4.78, 5) is 0. The Morgan fingerprint density at radius 3 is 2.67 bits per heavy atom. The first-order chi connectivity index (χ1) is 5.65. The van der Waals surface area contributed by atoms with Gasteiger partial charge in [-0.05, 0) is 13.0 Å². The van der Waals surface area contributed by atoms with Gasteiger partial charge in [-0.2, -0.15) is 0 Å². The van der Waals surface area contributed by atoms with Crippen molar-refractivity contribution in [2.45, 2.75) is 13.0 Å². The quantitative estimate of drug-likeness (QED) is 0.700. The molecule has 0 aromatic heterocycles. The zero-order valence-corrected chi connectivity index (χ0v) is 7.24. The van der Waals surface area contributed by atoms with Crippen molar-refractivity contribution < 1.29 is 9.84 Å². The van der Waals surface area contributed by atoms with Gasteiger partial charge in [0.1, 0.15) is 11.5 Å². The van der Waals surface area contributed by atoms with Gasteiger partial charge in [-0.3, -0.25) is 0 Å². The second-order valence-electron chi connectivity index (χ2n) is 2.71. The molecule has 0 aliphatic rings. The number of rotatable bonds is 2. The average Bonchev–Trinajstić information content (AvgIpc) is 2.03. The van der Waals surface area contributed by atoms with Gasteiger partial charge in [0.25, 0.3) is 0 Å². The standard InChI is InChI=1S/C9H13NO2/c1-6(10)8-4-3-7(11)5-9(8)12-2/h3-6,11H,10H2,1-2H3/t6-/m0/s1. The molecule has 0 unspecified atom stereocenters. The molecule has 3 nitrogen and oxygen atoms in total.